The Morgan fingerprint density at radius 1 is 0.667 bits per heavy atom. The van der Waals surface area contributed by atoms with Crippen molar-refractivity contribution < 1.29 is 43.2 Å². The zero-order valence-electron chi connectivity index (χ0n) is 23.1. The van der Waals surface area contributed by atoms with E-state index in [2.05, 4.69) is 0 Å². The second-order valence-corrected chi connectivity index (χ2v) is 10.4. The maximum Gasteiger partial charge on any atom is 0.338 e. The standard InChI is InChI=1S/C33H34O9/c34-27-29(42-32(37)24-17-9-3-10-18-24)28(41-31(36)23-15-7-2-8-16-23)26(21-38-30(35)22-13-5-1-6-14-22)40-33(27)39-25-19-11-4-12-20-25/h1-3,5-10,13-18,25-29,33-34H,4,11-12,19-21H2/t26-,27-,28-,29-,33-/m1/s1. The van der Waals surface area contributed by atoms with E-state index >= 15 is 0 Å². The summed E-state index contributed by atoms with van der Waals surface area (Å²) in [6.45, 7) is -0.350. The molecule has 1 aliphatic heterocycles. The van der Waals surface area contributed by atoms with Gasteiger partial charge in [-0.15, -0.1) is 0 Å². The Balaban J connectivity index is 1.43. The molecule has 0 bridgehead atoms. The fourth-order valence-electron chi connectivity index (χ4n) is 5.16. The Morgan fingerprint density at radius 2 is 1.14 bits per heavy atom. The van der Waals surface area contributed by atoms with Gasteiger partial charge in [0, 0.05) is 0 Å². The van der Waals surface area contributed by atoms with Crippen LogP contribution in [-0.4, -0.2) is 66.4 Å². The Kier molecular flexibility index (Phi) is 9.97. The molecule has 0 aromatic heterocycles. The highest BCUT2D eigenvalue weighted by atomic mass is 16.7. The monoisotopic (exact) mass is 574 g/mol. The molecule has 0 spiro atoms. The second-order valence-electron chi connectivity index (χ2n) is 10.4. The molecular formula is C33H34O9. The van der Waals surface area contributed by atoms with Crippen molar-refractivity contribution in [2.75, 3.05) is 6.61 Å². The summed E-state index contributed by atoms with van der Waals surface area (Å²) in [5.41, 5.74) is 0.829. The summed E-state index contributed by atoms with van der Waals surface area (Å²) in [7, 11) is 0. The van der Waals surface area contributed by atoms with Gasteiger partial charge in [-0.1, -0.05) is 73.9 Å². The molecule has 42 heavy (non-hydrogen) atoms. The molecule has 220 valence electrons. The Morgan fingerprint density at radius 3 is 1.67 bits per heavy atom. The van der Waals surface area contributed by atoms with E-state index in [1.807, 2.05) is 0 Å². The van der Waals surface area contributed by atoms with Gasteiger partial charge < -0.3 is 28.8 Å². The summed E-state index contributed by atoms with van der Waals surface area (Å²) in [5, 5.41) is 11.5. The summed E-state index contributed by atoms with van der Waals surface area (Å²) in [4.78, 5) is 39.2. The topological polar surface area (TPSA) is 118 Å². The second kappa shape index (κ2) is 14.2. The number of hydrogen-bond donors (Lipinski definition) is 1. The molecule has 0 unspecified atom stereocenters. The van der Waals surface area contributed by atoms with E-state index in [9.17, 15) is 19.5 Å². The van der Waals surface area contributed by atoms with E-state index in [0.29, 0.717) is 5.56 Å². The molecule has 9 nitrogen and oxygen atoms in total. The van der Waals surface area contributed by atoms with Gasteiger partial charge in [0.25, 0.3) is 0 Å². The molecule has 5 rings (SSSR count). The van der Waals surface area contributed by atoms with Crippen LogP contribution in [0.15, 0.2) is 91.0 Å². The SMILES string of the molecule is O=C(OC[C@H]1O[C@@H](OC2CCCCC2)[C@H](O)[C@@H](OC(=O)c2ccccc2)[C@@H]1OC(=O)c1ccccc1)c1ccccc1. The highest BCUT2D eigenvalue weighted by Crippen LogP contribution is 2.32. The van der Waals surface area contributed by atoms with Crippen LogP contribution in [0.4, 0.5) is 0 Å². The number of benzene rings is 3. The lowest BCUT2D eigenvalue weighted by Crippen LogP contribution is -2.62. The number of esters is 3. The average molecular weight is 575 g/mol. The van der Waals surface area contributed by atoms with Crippen LogP contribution < -0.4 is 0 Å². The minimum absolute atomic E-state index is 0.167. The number of ether oxygens (including phenoxy) is 5. The third-order valence-electron chi connectivity index (χ3n) is 7.39. The fourth-order valence-corrected chi connectivity index (χ4v) is 5.16. The van der Waals surface area contributed by atoms with E-state index < -0.39 is 48.6 Å². The number of carbonyl (C=O) groups is 3. The van der Waals surface area contributed by atoms with Gasteiger partial charge in [-0.2, -0.15) is 0 Å². The molecule has 3 aromatic rings. The fraction of sp³-hybridized carbons (Fsp3) is 0.364. The normalized spacial score (nSPS) is 24.4. The molecule has 1 saturated heterocycles. The first-order chi connectivity index (χ1) is 20.5. The summed E-state index contributed by atoms with van der Waals surface area (Å²) < 4.78 is 29.5. The third-order valence-corrected chi connectivity index (χ3v) is 7.39. The van der Waals surface area contributed by atoms with Crippen LogP contribution in [0.5, 0.6) is 0 Å². The molecule has 9 heteroatoms. The molecule has 2 aliphatic rings. The van der Waals surface area contributed by atoms with E-state index in [1.54, 1.807) is 91.0 Å². The van der Waals surface area contributed by atoms with E-state index in [1.165, 1.54) is 0 Å². The summed E-state index contributed by atoms with van der Waals surface area (Å²) >= 11 is 0. The highest BCUT2D eigenvalue weighted by Gasteiger charge is 2.51. The zero-order valence-corrected chi connectivity index (χ0v) is 23.1. The van der Waals surface area contributed by atoms with E-state index in [0.717, 1.165) is 32.1 Å². The van der Waals surface area contributed by atoms with Crippen molar-refractivity contribution in [1.82, 2.24) is 0 Å². The average Bonchev–Trinajstić information content (AvgIpc) is 3.04. The Labute approximate surface area is 244 Å². The van der Waals surface area contributed by atoms with Crippen molar-refractivity contribution in [3.05, 3.63) is 108 Å². The van der Waals surface area contributed by atoms with Crippen LogP contribution in [0.25, 0.3) is 0 Å². The molecule has 2 fully saturated rings. The number of aliphatic hydroxyl groups excluding tert-OH is 1. The number of hydrogen-bond acceptors (Lipinski definition) is 9. The minimum atomic E-state index is -1.49. The first-order valence-corrected chi connectivity index (χ1v) is 14.2. The molecule has 1 N–H and O–H groups in total. The molecule has 1 saturated carbocycles. The maximum atomic E-state index is 13.2. The zero-order chi connectivity index (χ0) is 29.3. The number of carbonyl (C=O) groups excluding carboxylic acids is 3. The van der Waals surface area contributed by atoms with Gasteiger partial charge in [0.05, 0.1) is 22.8 Å². The predicted molar refractivity (Wildman–Crippen MR) is 151 cm³/mol. The quantitative estimate of drug-likeness (QED) is 0.286. The van der Waals surface area contributed by atoms with Crippen LogP contribution in [0.3, 0.4) is 0 Å². The molecule has 0 amide bonds. The van der Waals surface area contributed by atoms with Crippen molar-refractivity contribution in [2.24, 2.45) is 0 Å². The summed E-state index contributed by atoms with van der Waals surface area (Å²) in [5.74, 6) is -2.05. The van der Waals surface area contributed by atoms with Crippen LogP contribution in [-0.2, 0) is 23.7 Å². The van der Waals surface area contributed by atoms with Gasteiger partial charge in [0.15, 0.2) is 18.5 Å². The lowest BCUT2D eigenvalue weighted by Gasteiger charge is -2.44. The first-order valence-electron chi connectivity index (χ1n) is 14.2. The van der Waals surface area contributed by atoms with Crippen molar-refractivity contribution in [3.63, 3.8) is 0 Å². The largest absolute Gasteiger partial charge is 0.459 e. The number of rotatable bonds is 9. The van der Waals surface area contributed by atoms with Gasteiger partial charge in [0.2, 0.25) is 0 Å². The number of aliphatic hydroxyl groups is 1. The Hall–Kier alpha value is -4.05. The van der Waals surface area contributed by atoms with Crippen molar-refractivity contribution in [1.29, 1.82) is 0 Å². The minimum Gasteiger partial charge on any atom is -0.459 e. The van der Waals surface area contributed by atoms with E-state index in [-0.39, 0.29) is 23.8 Å². The summed E-state index contributed by atoms with van der Waals surface area (Å²) in [6, 6.07) is 25.0. The van der Waals surface area contributed by atoms with Crippen LogP contribution in [0.2, 0.25) is 0 Å². The lowest BCUT2D eigenvalue weighted by molar-refractivity contribution is -0.311. The molecule has 5 atom stereocenters. The van der Waals surface area contributed by atoms with Gasteiger partial charge >= 0.3 is 17.9 Å². The van der Waals surface area contributed by atoms with Gasteiger partial charge in [-0.25, -0.2) is 14.4 Å². The first kappa shape index (κ1) is 29.4. The van der Waals surface area contributed by atoms with Crippen molar-refractivity contribution >= 4 is 17.9 Å². The van der Waals surface area contributed by atoms with Gasteiger partial charge in [0.1, 0.15) is 18.8 Å². The molecule has 0 radical (unpaired) electrons. The van der Waals surface area contributed by atoms with Gasteiger partial charge in [-0.3, -0.25) is 0 Å². The van der Waals surface area contributed by atoms with Crippen molar-refractivity contribution in [3.8, 4) is 0 Å². The molecular weight excluding hydrogens is 540 g/mol. The maximum absolute atomic E-state index is 13.2. The van der Waals surface area contributed by atoms with Crippen LogP contribution >= 0.6 is 0 Å². The van der Waals surface area contributed by atoms with Gasteiger partial charge in [-0.05, 0) is 49.2 Å². The smallest absolute Gasteiger partial charge is 0.338 e. The predicted octanol–water partition coefficient (Wildman–Crippen LogP) is 4.73. The molecule has 3 aromatic carbocycles. The summed E-state index contributed by atoms with van der Waals surface area (Å²) in [6.07, 6.45) is -2.05. The van der Waals surface area contributed by atoms with Crippen molar-refractivity contribution in [2.45, 2.75) is 68.9 Å². The lowest BCUT2D eigenvalue weighted by atomic mass is 9.96. The van der Waals surface area contributed by atoms with Crippen LogP contribution in [0, 0.1) is 0 Å². The van der Waals surface area contributed by atoms with E-state index in [4.69, 9.17) is 23.7 Å². The Bertz CT molecular complexity index is 1310. The van der Waals surface area contributed by atoms with Crippen LogP contribution in [0.1, 0.15) is 63.2 Å². The molecule has 1 heterocycles. The third kappa shape index (κ3) is 7.42. The molecule has 1 aliphatic carbocycles. The highest BCUT2D eigenvalue weighted by molar-refractivity contribution is 5.90.